The van der Waals surface area contributed by atoms with Gasteiger partial charge in [-0.25, -0.2) is 4.98 Å². The van der Waals surface area contributed by atoms with E-state index in [2.05, 4.69) is 27.5 Å². The fraction of sp³-hybridized carbons (Fsp3) is 0.615. The highest BCUT2D eigenvalue weighted by molar-refractivity contribution is 5.92. The third-order valence-electron chi connectivity index (χ3n) is 2.62. The van der Waals surface area contributed by atoms with E-state index in [4.69, 9.17) is 4.74 Å². The number of hydrogen-bond donors (Lipinski definition) is 2. The molecule has 1 aromatic heterocycles. The van der Waals surface area contributed by atoms with Crippen LogP contribution in [0.5, 0.6) is 0 Å². The van der Waals surface area contributed by atoms with Gasteiger partial charge in [0.25, 0.3) is 5.91 Å². The number of anilines is 1. The van der Waals surface area contributed by atoms with Gasteiger partial charge in [-0.2, -0.15) is 0 Å². The molecule has 0 spiro atoms. The molecular weight excluding hydrogens is 244 g/mol. The van der Waals surface area contributed by atoms with Crippen LogP contribution in [0.15, 0.2) is 12.4 Å². The minimum Gasteiger partial charge on any atom is -0.383 e. The van der Waals surface area contributed by atoms with Crippen molar-refractivity contribution >= 4 is 11.7 Å². The van der Waals surface area contributed by atoms with Crippen LogP contribution in [0.25, 0.3) is 0 Å². The molecule has 0 saturated heterocycles. The quantitative estimate of drug-likeness (QED) is 0.745. The van der Waals surface area contributed by atoms with Crippen LogP contribution in [0.1, 0.15) is 37.2 Å². The van der Waals surface area contributed by atoms with Gasteiger partial charge in [-0.3, -0.25) is 9.78 Å². The van der Waals surface area contributed by atoms with E-state index in [1.54, 1.807) is 13.3 Å². The molecule has 1 atom stereocenters. The fourth-order valence-electron chi connectivity index (χ4n) is 1.54. The standard InChI is InChI=1S/C13H22N4O2/c1-4-6-15-12-8-14-7-11(17-12)13(18)16-10(5-2)9-19-3/h7-8,10H,4-6,9H2,1-3H3,(H,15,17)(H,16,18). The Bertz CT molecular complexity index is 398. The van der Waals surface area contributed by atoms with Crippen LogP contribution >= 0.6 is 0 Å². The maximum absolute atomic E-state index is 12.0. The van der Waals surface area contributed by atoms with E-state index in [1.807, 2.05) is 6.92 Å². The number of rotatable bonds is 8. The molecule has 0 aliphatic heterocycles. The van der Waals surface area contributed by atoms with Crippen LogP contribution in [0.4, 0.5) is 5.82 Å². The van der Waals surface area contributed by atoms with E-state index in [0.717, 1.165) is 19.4 Å². The maximum Gasteiger partial charge on any atom is 0.271 e. The molecule has 0 bridgehead atoms. The van der Waals surface area contributed by atoms with E-state index in [1.165, 1.54) is 6.20 Å². The Balaban J connectivity index is 2.65. The zero-order valence-electron chi connectivity index (χ0n) is 11.8. The molecule has 6 heteroatoms. The Labute approximate surface area is 114 Å². The number of amides is 1. The van der Waals surface area contributed by atoms with Crippen LogP contribution in [0.3, 0.4) is 0 Å². The molecule has 1 rings (SSSR count). The zero-order chi connectivity index (χ0) is 14.1. The minimum atomic E-state index is -0.225. The lowest BCUT2D eigenvalue weighted by atomic mass is 10.2. The molecule has 0 aromatic carbocycles. The van der Waals surface area contributed by atoms with Gasteiger partial charge in [-0.1, -0.05) is 13.8 Å². The Kier molecular flexibility index (Phi) is 6.81. The lowest BCUT2D eigenvalue weighted by Gasteiger charge is -2.15. The Morgan fingerprint density at radius 3 is 2.84 bits per heavy atom. The molecule has 1 amide bonds. The number of carbonyl (C=O) groups excluding carboxylic acids is 1. The second-order valence-electron chi connectivity index (χ2n) is 4.25. The number of methoxy groups -OCH3 is 1. The summed E-state index contributed by atoms with van der Waals surface area (Å²) in [6.45, 7) is 5.35. The van der Waals surface area contributed by atoms with Crippen molar-refractivity contribution < 1.29 is 9.53 Å². The molecule has 0 aliphatic rings. The molecular formula is C13H22N4O2. The molecule has 0 aliphatic carbocycles. The van der Waals surface area contributed by atoms with Gasteiger partial charge in [0.05, 0.1) is 25.0 Å². The normalized spacial score (nSPS) is 11.9. The van der Waals surface area contributed by atoms with Gasteiger partial charge in [0.15, 0.2) is 0 Å². The van der Waals surface area contributed by atoms with Crippen LogP contribution in [0.2, 0.25) is 0 Å². The first-order valence-corrected chi connectivity index (χ1v) is 6.56. The lowest BCUT2D eigenvalue weighted by Crippen LogP contribution is -2.38. The summed E-state index contributed by atoms with van der Waals surface area (Å²) < 4.78 is 5.05. The number of ether oxygens (including phenoxy) is 1. The predicted molar refractivity (Wildman–Crippen MR) is 74.2 cm³/mol. The van der Waals surface area contributed by atoms with Crippen molar-refractivity contribution in [2.24, 2.45) is 0 Å². The van der Waals surface area contributed by atoms with E-state index in [0.29, 0.717) is 18.1 Å². The van der Waals surface area contributed by atoms with Crippen LogP contribution in [-0.4, -0.2) is 42.2 Å². The van der Waals surface area contributed by atoms with Crippen molar-refractivity contribution in [3.63, 3.8) is 0 Å². The highest BCUT2D eigenvalue weighted by Gasteiger charge is 2.13. The maximum atomic E-state index is 12.0. The molecule has 0 saturated carbocycles. The monoisotopic (exact) mass is 266 g/mol. The molecule has 19 heavy (non-hydrogen) atoms. The molecule has 106 valence electrons. The van der Waals surface area contributed by atoms with Crippen molar-refractivity contribution in [3.8, 4) is 0 Å². The van der Waals surface area contributed by atoms with E-state index in [-0.39, 0.29) is 11.9 Å². The summed E-state index contributed by atoms with van der Waals surface area (Å²) in [4.78, 5) is 20.3. The van der Waals surface area contributed by atoms with Gasteiger partial charge in [0.1, 0.15) is 11.5 Å². The largest absolute Gasteiger partial charge is 0.383 e. The Hall–Kier alpha value is -1.69. The smallest absolute Gasteiger partial charge is 0.271 e. The number of nitrogens with zero attached hydrogens (tertiary/aromatic N) is 2. The first-order valence-electron chi connectivity index (χ1n) is 6.56. The van der Waals surface area contributed by atoms with Crippen LogP contribution in [-0.2, 0) is 4.74 Å². The number of hydrogen-bond acceptors (Lipinski definition) is 5. The van der Waals surface area contributed by atoms with Gasteiger partial charge in [-0.15, -0.1) is 0 Å². The molecule has 0 fully saturated rings. The van der Waals surface area contributed by atoms with Crippen molar-refractivity contribution in [1.82, 2.24) is 15.3 Å². The molecule has 0 radical (unpaired) electrons. The zero-order valence-corrected chi connectivity index (χ0v) is 11.8. The third kappa shape index (κ3) is 5.21. The number of nitrogens with one attached hydrogen (secondary N) is 2. The predicted octanol–water partition coefficient (Wildman–Crippen LogP) is 1.45. The molecule has 1 heterocycles. The van der Waals surface area contributed by atoms with Crippen molar-refractivity contribution in [2.45, 2.75) is 32.7 Å². The van der Waals surface area contributed by atoms with Gasteiger partial charge in [0, 0.05) is 13.7 Å². The van der Waals surface area contributed by atoms with Crippen LogP contribution < -0.4 is 10.6 Å². The summed E-state index contributed by atoms with van der Waals surface area (Å²) in [6, 6.07) is -0.00782. The highest BCUT2D eigenvalue weighted by Crippen LogP contribution is 2.03. The van der Waals surface area contributed by atoms with E-state index >= 15 is 0 Å². The first-order chi connectivity index (χ1) is 9.21. The topological polar surface area (TPSA) is 76.1 Å². The summed E-state index contributed by atoms with van der Waals surface area (Å²) in [5.74, 6) is 0.394. The Morgan fingerprint density at radius 1 is 1.42 bits per heavy atom. The second kappa shape index (κ2) is 8.42. The highest BCUT2D eigenvalue weighted by atomic mass is 16.5. The van der Waals surface area contributed by atoms with Gasteiger partial charge in [-0.05, 0) is 12.8 Å². The second-order valence-corrected chi connectivity index (χ2v) is 4.25. The summed E-state index contributed by atoms with van der Waals surface area (Å²) >= 11 is 0. The van der Waals surface area contributed by atoms with Crippen molar-refractivity contribution in [3.05, 3.63) is 18.1 Å². The molecule has 1 unspecified atom stereocenters. The number of carbonyl (C=O) groups is 1. The van der Waals surface area contributed by atoms with E-state index in [9.17, 15) is 4.79 Å². The Morgan fingerprint density at radius 2 is 2.21 bits per heavy atom. The average molecular weight is 266 g/mol. The molecule has 6 nitrogen and oxygen atoms in total. The van der Waals surface area contributed by atoms with Gasteiger partial charge in [0.2, 0.25) is 0 Å². The van der Waals surface area contributed by atoms with E-state index < -0.39 is 0 Å². The van der Waals surface area contributed by atoms with Crippen molar-refractivity contribution in [1.29, 1.82) is 0 Å². The summed E-state index contributed by atoms with van der Waals surface area (Å²) in [6.07, 6.45) is 4.87. The molecule has 2 N–H and O–H groups in total. The minimum absolute atomic E-state index is 0.00782. The lowest BCUT2D eigenvalue weighted by molar-refractivity contribution is 0.0889. The van der Waals surface area contributed by atoms with Crippen LogP contribution in [0, 0.1) is 0 Å². The average Bonchev–Trinajstić information content (AvgIpc) is 2.44. The summed E-state index contributed by atoms with van der Waals surface area (Å²) in [5.41, 5.74) is 0.315. The summed E-state index contributed by atoms with van der Waals surface area (Å²) in [7, 11) is 1.61. The number of aromatic nitrogens is 2. The van der Waals surface area contributed by atoms with Gasteiger partial charge >= 0.3 is 0 Å². The first kappa shape index (κ1) is 15.4. The van der Waals surface area contributed by atoms with Gasteiger partial charge < -0.3 is 15.4 Å². The van der Waals surface area contributed by atoms with Crippen molar-refractivity contribution in [2.75, 3.05) is 25.6 Å². The SMILES string of the molecule is CCCNc1cncc(C(=O)NC(CC)COC)n1. The summed E-state index contributed by atoms with van der Waals surface area (Å²) in [5, 5.41) is 5.98. The third-order valence-corrected chi connectivity index (χ3v) is 2.62. The fourth-order valence-corrected chi connectivity index (χ4v) is 1.54. The molecule has 1 aromatic rings.